The van der Waals surface area contributed by atoms with Gasteiger partial charge in [0.05, 0.1) is 0 Å². The highest BCUT2D eigenvalue weighted by atomic mass is 14.4. The Labute approximate surface area is 97.8 Å². The average Bonchev–Trinajstić information content (AvgIpc) is 2.24. The van der Waals surface area contributed by atoms with Crippen molar-refractivity contribution in [2.24, 2.45) is 17.3 Å². The summed E-state index contributed by atoms with van der Waals surface area (Å²) in [5.74, 6) is 1.62. The van der Waals surface area contributed by atoms with Crippen LogP contribution in [0.25, 0.3) is 0 Å². The first-order chi connectivity index (χ1) is 7.00. The average molecular weight is 211 g/mol. The molecule has 0 N–H and O–H groups in total. The van der Waals surface area contributed by atoms with E-state index < -0.39 is 0 Å². The lowest BCUT2D eigenvalue weighted by atomic mass is 9.68. The van der Waals surface area contributed by atoms with Crippen LogP contribution < -0.4 is 0 Å². The Balaban J connectivity index is 4.39. The Morgan fingerprint density at radius 2 is 1.80 bits per heavy atom. The van der Waals surface area contributed by atoms with Crippen molar-refractivity contribution in [3.63, 3.8) is 0 Å². The molecule has 0 amide bonds. The Hall–Kier alpha value is 0. The zero-order chi connectivity index (χ0) is 11.9. The van der Waals surface area contributed by atoms with Gasteiger partial charge in [0.1, 0.15) is 0 Å². The van der Waals surface area contributed by atoms with Gasteiger partial charge in [-0.25, -0.2) is 0 Å². The van der Waals surface area contributed by atoms with Gasteiger partial charge < -0.3 is 0 Å². The van der Waals surface area contributed by atoms with E-state index in [1.54, 1.807) is 0 Å². The highest BCUT2D eigenvalue weighted by Gasteiger charge is 2.30. The fourth-order valence-corrected chi connectivity index (χ4v) is 2.42. The Kier molecular flexibility index (Phi) is 7.30. The van der Waals surface area contributed by atoms with E-state index in [1.165, 1.54) is 32.1 Å². The second-order valence-electron chi connectivity index (χ2n) is 5.66. The molecule has 0 aliphatic carbocycles. The normalized spacial score (nSPS) is 19.6. The minimum Gasteiger partial charge on any atom is -0.0654 e. The van der Waals surface area contributed by atoms with Crippen molar-refractivity contribution in [1.29, 1.82) is 0 Å². The van der Waals surface area contributed by atoms with Crippen LogP contribution in [0.5, 0.6) is 0 Å². The first kappa shape index (κ1) is 15.0. The van der Waals surface area contributed by atoms with Gasteiger partial charge in [-0.3, -0.25) is 0 Å². The van der Waals surface area contributed by atoms with E-state index in [0.717, 1.165) is 18.3 Å². The van der Waals surface area contributed by atoms with Crippen LogP contribution in [0.15, 0.2) is 0 Å². The van der Waals surface area contributed by atoms with Crippen LogP contribution in [-0.2, 0) is 0 Å². The van der Waals surface area contributed by atoms with Gasteiger partial charge >= 0.3 is 0 Å². The summed E-state index contributed by atoms with van der Waals surface area (Å²) in [5, 5.41) is 0. The van der Waals surface area contributed by atoms with Crippen molar-refractivity contribution in [2.45, 2.75) is 73.1 Å². The molecule has 0 aromatic carbocycles. The van der Waals surface area contributed by atoms with Crippen molar-refractivity contribution in [1.82, 2.24) is 0 Å². The molecule has 0 heterocycles. The van der Waals surface area contributed by atoms with Crippen LogP contribution in [-0.4, -0.2) is 0 Å². The SMILES string of the molecule is [CH2]CC(C)C(C)(CCCC)CC(C)CC. The summed E-state index contributed by atoms with van der Waals surface area (Å²) >= 11 is 0. The molecule has 0 aliphatic heterocycles. The van der Waals surface area contributed by atoms with Crippen molar-refractivity contribution in [3.05, 3.63) is 6.92 Å². The summed E-state index contributed by atoms with van der Waals surface area (Å²) in [7, 11) is 0. The topological polar surface area (TPSA) is 0 Å². The monoisotopic (exact) mass is 211 g/mol. The standard InChI is InChI=1S/C15H31/c1-7-10-11-15(6,14(5)9-3)12-13(4)8-2/h13-14H,3,7-12H2,1-2,4-6H3. The zero-order valence-corrected chi connectivity index (χ0v) is 11.6. The van der Waals surface area contributed by atoms with Crippen molar-refractivity contribution >= 4 is 0 Å². The van der Waals surface area contributed by atoms with Gasteiger partial charge in [-0.15, -0.1) is 0 Å². The van der Waals surface area contributed by atoms with Crippen LogP contribution in [0, 0.1) is 24.2 Å². The number of hydrogen-bond donors (Lipinski definition) is 0. The summed E-state index contributed by atoms with van der Waals surface area (Å²) < 4.78 is 0. The van der Waals surface area contributed by atoms with E-state index in [-0.39, 0.29) is 0 Å². The second kappa shape index (κ2) is 7.30. The quantitative estimate of drug-likeness (QED) is 0.499. The lowest BCUT2D eigenvalue weighted by Gasteiger charge is -2.37. The molecule has 15 heavy (non-hydrogen) atoms. The number of rotatable bonds is 8. The first-order valence-electron chi connectivity index (χ1n) is 6.79. The zero-order valence-electron chi connectivity index (χ0n) is 11.6. The smallest absolute Gasteiger partial charge is 0.0298 e. The van der Waals surface area contributed by atoms with Gasteiger partial charge in [0.15, 0.2) is 0 Å². The van der Waals surface area contributed by atoms with E-state index in [1.807, 2.05) is 0 Å². The van der Waals surface area contributed by atoms with Crippen molar-refractivity contribution in [3.8, 4) is 0 Å². The molecular formula is C15H31. The minimum atomic E-state index is 0.521. The van der Waals surface area contributed by atoms with Crippen LogP contribution in [0.2, 0.25) is 0 Å². The molecule has 0 aliphatic rings. The van der Waals surface area contributed by atoms with Gasteiger partial charge in [-0.1, -0.05) is 67.2 Å². The number of hydrogen-bond acceptors (Lipinski definition) is 0. The summed E-state index contributed by atoms with van der Waals surface area (Å²) in [4.78, 5) is 0. The summed E-state index contributed by atoms with van der Waals surface area (Å²) in [6, 6.07) is 0. The third kappa shape index (κ3) is 5.04. The summed E-state index contributed by atoms with van der Waals surface area (Å²) in [5.41, 5.74) is 0.521. The maximum Gasteiger partial charge on any atom is -0.0298 e. The van der Waals surface area contributed by atoms with Crippen LogP contribution in [0.4, 0.5) is 0 Å². The Bertz CT molecular complexity index is 150. The summed E-state index contributed by atoms with van der Waals surface area (Å²) in [6.07, 6.45) is 7.84. The van der Waals surface area contributed by atoms with E-state index in [4.69, 9.17) is 0 Å². The van der Waals surface area contributed by atoms with E-state index in [2.05, 4.69) is 41.5 Å². The largest absolute Gasteiger partial charge is 0.0654 e. The molecule has 3 atom stereocenters. The molecule has 0 aromatic heterocycles. The fraction of sp³-hybridized carbons (Fsp3) is 0.933. The molecule has 0 bridgehead atoms. The lowest BCUT2D eigenvalue weighted by Crippen LogP contribution is -2.27. The van der Waals surface area contributed by atoms with Gasteiger partial charge in [0.2, 0.25) is 0 Å². The maximum absolute atomic E-state index is 4.09. The molecule has 0 nitrogen and oxygen atoms in total. The third-order valence-corrected chi connectivity index (χ3v) is 4.24. The first-order valence-corrected chi connectivity index (χ1v) is 6.79. The van der Waals surface area contributed by atoms with Gasteiger partial charge in [-0.2, -0.15) is 0 Å². The minimum absolute atomic E-state index is 0.521. The number of unbranched alkanes of at least 4 members (excludes halogenated alkanes) is 1. The lowest BCUT2D eigenvalue weighted by molar-refractivity contribution is 0.135. The molecule has 1 radical (unpaired) electrons. The second-order valence-corrected chi connectivity index (χ2v) is 5.66. The van der Waals surface area contributed by atoms with Crippen LogP contribution in [0.1, 0.15) is 73.1 Å². The molecule has 0 heteroatoms. The van der Waals surface area contributed by atoms with Crippen molar-refractivity contribution in [2.75, 3.05) is 0 Å². The molecule has 0 rings (SSSR count). The predicted molar refractivity (Wildman–Crippen MR) is 70.8 cm³/mol. The third-order valence-electron chi connectivity index (χ3n) is 4.24. The molecule has 0 saturated heterocycles. The highest BCUT2D eigenvalue weighted by Crippen LogP contribution is 2.41. The van der Waals surface area contributed by atoms with Crippen LogP contribution in [0.3, 0.4) is 0 Å². The summed E-state index contributed by atoms with van der Waals surface area (Å²) in [6.45, 7) is 15.9. The van der Waals surface area contributed by atoms with E-state index in [0.29, 0.717) is 5.41 Å². The van der Waals surface area contributed by atoms with E-state index in [9.17, 15) is 0 Å². The highest BCUT2D eigenvalue weighted by molar-refractivity contribution is 4.82. The molecule has 0 saturated carbocycles. The fourth-order valence-electron chi connectivity index (χ4n) is 2.42. The van der Waals surface area contributed by atoms with Gasteiger partial charge in [0, 0.05) is 0 Å². The van der Waals surface area contributed by atoms with Crippen molar-refractivity contribution < 1.29 is 0 Å². The Morgan fingerprint density at radius 1 is 1.20 bits per heavy atom. The maximum atomic E-state index is 4.09. The Morgan fingerprint density at radius 3 is 2.20 bits per heavy atom. The molecule has 0 aromatic rings. The molecule has 0 spiro atoms. The van der Waals surface area contributed by atoms with E-state index >= 15 is 0 Å². The molecule has 0 fully saturated rings. The van der Waals surface area contributed by atoms with Gasteiger partial charge in [-0.05, 0) is 30.1 Å². The van der Waals surface area contributed by atoms with Gasteiger partial charge in [0.25, 0.3) is 0 Å². The molecule has 91 valence electrons. The van der Waals surface area contributed by atoms with Crippen LogP contribution >= 0.6 is 0 Å². The molecule has 3 unspecified atom stereocenters. The molecular weight excluding hydrogens is 180 g/mol. The predicted octanol–water partition coefficient (Wildman–Crippen LogP) is 5.48.